The molecule has 3 heterocycles. The van der Waals surface area contributed by atoms with Gasteiger partial charge in [-0.05, 0) is 54.9 Å². The van der Waals surface area contributed by atoms with Gasteiger partial charge in [0, 0.05) is 40.9 Å². The molecule has 0 amide bonds. The molecule has 3 atom stereocenters. The monoisotopic (exact) mass is 632 g/mol. The zero-order valence-corrected chi connectivity index (χ0v) is 28.7. The van der Waals surface area contributed by atoms with Crippen molar-refractivity contribution in [2.24, 2.45) is 5.41 Å². The van der Waals surface area contributed by atoms with Gasteiger partial charge in [-0.3, -0.25) is 14.8 Å². The summed E-state index contributed by atoms with van der Waals surface area (Å²) in [4.78, 5) is 21.6. The maximum Gasteiger partial charge on any atom is 0.433 e. The Labute approximate surface area is 260 Å². The lowest BCUT2D eigenvalue weighted by Crippen LogP contribution is -2.45. The summed E-state index contributed by atoms with van der Waals surface area (Å²) in [5.41, 5.74) is 2.98. The SMILES string of the molecule is CC(=O)O[C@H]1c2nc(C(C)C)c3c(c2C(O[Si](C)(C)C(C)(C)C)CC1(C)C)C1(CCCC1)O[C@@H]3c1ccc(C(F)(F)F)nc1. The van der Waals surface area contributed by atoms with Crippen molar-refractivity contribution in [3.63, 3.8) is 0 Å². The van der Waals surface area contributed by atoms with Crippen molar-refractivity contribution in [1.29, 1.82) is 0 Å². The second kappa shape index (κ2) is 10.9. The number of nitrogens with zero attached hydrogens (tertiary/aromatic N) is 2. The van der Waals surface area contributed by atoms with E-state index in [1.165, 1.54) is 19.2 Å². The molecule has 6 nitrogen and oxygen atoms in total. The van der Waals surface area contributed by atoms with Crippen LogP contribution in [0.25, 0.3) is 0 Å². The van der Waals surface area contributed by atoms with Gasteiger partial charge in [-0.25, -0.2) is 0 Å². The summed E-state index contributed by atoms with van der Waals surface area (Å²) in [6.07, 6.45) is -0.607. The lowest BCUT2D eigenvalue weighted by atomic mass is 9.68. The van der Waals surface area contributed by atoms with Crippen LogP contribution in [-0.2, 0) is 30.5 Å². The molecule has 1 fully saturated rings. The second-order valence-electron chi connectivity index (χ2n) is 15.5. The van der Waals surface area contributed by atoms with Gasteiger partial charge in [-0.1, -0.05) is 67.4 Å². The van der Waals surface area contributed by atoms with Crippen molar-refractivity contribution in [3.05, 3.63) is 57.7 Å². The van der Waals surface area contributed by atoms with E-state index in [1.54, 1.807) is 0 Å². The topological polar surface area (TPSA) is 70.5 Å². The summed E-state index contributed by atoms with van der Waals surface area (Å²) in [6, 6.07) is 2.51. The van der Waals surface area contributed by atoms with Gasteiger partial charge in [0.15, 0.2) is 8.32 Å². The number of esters is 1. The predicted octanol–water partition coefficient (Wildman–Crippen LogP) is 9.60. The highest BCUT2D eigenvalue weighted by Crippen LogP contribution is 2.62. The number of alkyl halides is 3. The third kappa shape index (κ3) is 5.64. The van der Waals surface area contributed by atoms with E-state index < -0.39 is 43.4 Å². The molecule has 1 saturated carbocycles. The average molecular weight is 633 g/mol. The van der Waals surface area contributed by atoms with Gasteiger partial charge in [0.2, 0.25) is 0 Å². The summed E-state index contributed by atoms with van der Waals surface area (Å²) >= 11 is 0. The lowest BCUT2D eigenvalue weighted by Gasteiger charge is -2.48. The van der Waals surface area contributed by atoms with Crippen molar-refractivity contribution < 1.29 is 31.9 Å². The van der Waals surface area contributed by atoms with E-state index in [0.717, 1.165) is 59.8 Å². The molecule has 0 bridgehead atoms. The molecular formula is C34H47F3N2O4Si. The van der Waals surface area contributed by atoms with Crippen LogP contribution in [0.3, 0.4) is 0 Å². The van der Waals surface area contributed by atoms with Gasteiger partial charge in [0.05, 0.1) is 17.4 Å². The van der Waals surface area contributed by atoms with Crippen LogP contribution in [0.2, 0.25) is 18.1 Å². The van der Waals surface area contributed by atoms with E-state index in [-0.39, 0.29) is 23.0 Å². The Kier molecular flexibility index (Phi) is 8.19. The number of carbonyl (C=O) groups excluding carboxylic acids is 1. The highest BCUT2D eigenvalue weighted by atomic mass is 28.4. The summed E-state index contributed by atoms with van der Waals surface area (Å²) in [6.45, 7) is 20.9. The van der Waals surface area contributed by atoms with E-state index in [9.17, 15) is 18.0 Å². The number of ether oxygens (including phenoxy) is 2. The minimum atomic E-state index is -4.53. The first-order valence-electron chi connectivity index (χ1n) is 15.8. The van der Waals surface area contributed by atoms with Crippen LogP contribution in [0.4, 0.5) is 13.2 Å². The molecule has 2 aromatic rings. The number of carbonyl (C=O) groups is 1. The Morgan fingerprint density at radius 2 is 1.73 bits per heavy atom. The smallest absolute Gasteiger partial charge is 0.433 e. The molecule has 2 aromatic heterocycles. The van der Waals surface area contributed by atoms with Crippen molar-refractivity contribution in [3.8, 4) is 0 Å². The summed E-state index contributed by atoms with van der Waals surface area (Å²) in [5, 5.41) is -0.0471. The molecule has 242 valence electrons. The van der Waals surface area contributed by atoms with E-state index in [4.69, 9.17) is 18.9 Å². The first-order chi connectivity index (χ1) is 20.2. The molecule has 44 heavy (non-hydrogen) atoms. The molecule has 1 unspecified atom stereocenters. The molecule has 0 N–H and O–H groups in total. The van der Waals surface area contributed by atoms with E-state index in [1.807, 2.05) is 0 Å². The van der Waals surface area contributed by atoms with Crippen LogP contribution in [0.5, 0.6) is 0 Å². The fourth-order valence-corrected chi connectivity index (χ4v) is 8.33. The van der Waals surface area contributed by atoms with E-state index in [2.05, 4.69) is 66.5 Å². The molecule has 1 spiro atoms. The minimum absolute atomic E-state index is 0.0260. The zero-order valence-electron chi connectivity index (χ0n) is 27.7. The summed E-state index contributed by atoms with van der Waals surface area (Å²) in [7, 11) is -2.29. The minimum Gasteiger partial charge on any atom is -0.455 e. The number of aromatic nitrogens is 2. The normalized spacial score (nSPS) is 24.5. The Morgan fingerprint density at radius 1 is 1.09 bits per heavy atom. The molecule has 0 radical (unpaired) electrons. The van der Waals surface area contributed by atoms with Gasteiger partial charge in [-0.15, -0.1) is 0 Å². The third-order valence-electron chi connectivity index (χ3n) is 10.2. The maximum atomic E-state index is 13.4. The standard InChI is InChI=1S/C34H47F3N2O4Si/c1-19(2)27-25-26(33(15-11-12-16-33)42-29(25)21-13-14-23(38-18-21)34(35,36)37)24-22(43-44(9,10)31(4,5)6)17-32(7,8)30(28(24)39-27)41-20(3)40/h13-14,18-19,22,29-30H,11-12,15-17H2,1-10H3/t22?,29-,30+/m1/s1. The average Bonchev–Trinajstić information content (AvgIpc) is 3.49. The Bertz CT molecular complexity index is 1420. The Hall–Kier alpha value is -2.30. The van der Waals surface area contributed by atoms with Crippen molar-refractivity contribution in [2.45, 2.75) is 142 Å². The number of hydrogen-bond donors (Lipinski definition) is 0. The van der Waals surface area contributed by atoms with Crippen LogP contribution in [-0.4, -0.2) is 24.3 Å². The number of fused-ring (bicyclic) bond motifs is 4. The summed E-state index contributed by atoms with van der Waals surface area (Å²) in [5.74, 6) is -0.395. The zero-order chi connectivity index (χ0) is 32.6. The lowest BCUT2D eigenvalue weighted by molar-refractivity contribution is -0.156. The number of rotatable bonds is 5. The quantitative estimate of drug-likeness (QED) is 0.242. The molecular weight excluding hydrogens is 585 g/mol. The van der Waals surface area contributed by atoms with Crippen molar-refractivity contribution in [2.75, 3.05) is 0 Å². The molecule has 1 aliphatic heterocycles. The molecule has 0 aromatic carbocycles. The van der Waals surface area contributed by atoms with Crippen LogP contribution in [0.15, 0.2) is 18.3 Å². The molecule has 0 saturated heterocycles. The van der Waals surface area contributed by atoms with Gasteiger partial charge < -0.3 is 13.9 Å². The van der Waals surface area contributed by atoms with Crippen molar-refractivity contribution in [1.82, 2.24) is 9.97 Å². The van der Waals surface area contributed by atoms with Crippen LogP contribution in [0, 0.1) is 5.41 Å². The fourth-order valence-electron chi connectivity index (χ4n) is 7.07. The largest absolute Gasteiger partial charge is 0.455 e. The molecule has 2 aliphatic carbocycles. The number of pyridine rings is 2. The molecule has 5 rings (SSSR count). The second-order valence-corrected chi connectivity index (χ2v) is 20.2. The Balaban J connectivity index is 1.82. The highest BCUT2D eigenvalue weighted by Gasteiger charge is 2.56. The molecule has 3 aliphatic rings. The number of halogens is 3. The Morgan fingerprint density at radius 3 is 2.23 bits per heavy atom. The first-order valence-corrected chi connectivity index (χ1v) is 18.7. The van der Waals surface area contributed by atoms with E-state index >= 15 is 0 Å². The predicted molar refractivity (Wildman–Crippen MR) is 165 cm³/mol. The van der Waals surface area contributed by atoms with E-state index in [0.29, 0.717) is 12.0 Å². The molecule has 10 heteroatoms. The first kappa shape index (κ1) is 33.1. The van der Waals surface area contributed by atoms with Gasteiger partial charge >= 0.3 is 12.1 Å². The van der Waals surface area contributed by atoms with Crippen LogP contribution in [0.1, 0.15) is 151 Å². The van der Waals surface area contributed by atoms with Gasteiger partial charge in [-0.2, -0.15) is 13.2 Å². The third-order valence-corrected chi connectivity index (χ3v) is 14.7. The van der Waals surface area contributed by atoms with Crippen LogP contribution >= 0.6 is 0 Å². The van der Waals surface area contributed by atoms with Gasteiger partial charge in [0.1, 0.15) is 17.9 Å². The maximum absolute atomic E-state index is 13.4. The highest BCUT2D eigenvalue weighted by molar-refractivity contribution is 6.74. The van der Waals surface area contributed by atoms with Gasteiger partial charge in [0.25, 0.3) is 0 Å². The number of hydrogen-bond acceptors (Lipinski definition) is 6. The fraction of sp³-hybridized carbons (Fsp3) is 0.676. The summed E-state index contributed by atoms with van der Waals surface area (Å²) < 4.78 is 60.7. The van der Waals surface area contributed by atoms with Crippen molar-refractivity contribution >= 4 is 14.3 Å². The van der Waals surface area contributed by atoms with Crippen LogP contribution < -0.4 is 0 Å².